The molecule has 10 nitrogen and oxygen atoms in total. The molecule has 4 aromatic rings. The zero-order valence-electron chi connectivity index (χ0n) is 21.1. The van der Waals surface area contributed by atoms with Gasteiger partial charge in [-0.1, -0.05) is 12.1 Å². The fraction of sp³-hybridized carbons (Fsp3) is 0.222. The number of anilines is 1. The zero-order valence-corrected chi connectivity index (χ0v) is 21.9. The van der Waals surface area contributed by atoms with Gasteiger partial charge in [0.2, 0.25) is 20.9 Å². The lowest BCUT2D eigenvalue weighted by Crippen LogP contribution is -2.22. The first-order valence-electron chi connectivity index (χ1n) is 11.7. The number of rotatable bonds is 10. The highest BCUT2D eigenvalue weighted by atomic mass is 32.2. The first-order chi connectivity index (χ1) is 18.2. The molecular weight excluding hydrogens is 510 g/mol. The average molecular weight is 538 g/mol. The summed E-state index contributed by atoms with van der Waals surface area (Å²) in [5.74, 6) is -0.385. The van der Waals surface area contributed by atoms with Crippen LogP contribution < -0.4 is 14.8 Å². The van der Waals surface area contributed by atoms with Gasteiger partial charge in [0.05, 0.1) is 43.2 Å². The Morgan fingerprint density at radius 2 is 1.61 bits per heavy atom. The number of fused-ring (bicyclic) bond motifs is 1. The molecule has 0 aliphatic heterocycles. The molecule has 1 aromatic heterocycles. The fourth-order valence-electron chi connectivity index (χ4n) is 3.93. The van der Waals surface area contributed by atoms with Crippen molar-refractivity contribution in [1.29, 1.82) is 0 Å². The lowest BCUT2D eigenvalue weighted by Gasteiger charge is -2.12. The second kappa shape index (κ2) is 11.3. The summed E-state index contributed by atoms with van der Waals surface area (Å²) in [4.78, 5) is 29.2. The maximum Gasteiger partial charge on any atom is 0.338 e. The molecule has 1 N–H and O–H groups in total. The first kappa shape index (κ1) is 26.7. The standard InChI is InChI=1S/C27H27N3O7S/c1-4-37-26(32)19-9-11-20(12-10-19)28-25(31)16-30-24-8-6-5-7-23(24)29-27(30)38(33,34)17-18-13-21(35-2)15-22(14-18)36-3/h5-15H,4,16-17H2,1-3H3,(H,28,31). The van der Waals surface area contributed by atoms with Crippen molar-refractivity contribution in [1.82, 2.24) is 9.55 Å². The van der Waals surface area contributed by atoms with Crippen LogP contribution in [0.1, 0.15) is 22.8 Å². The van der Waals surface area contributed by atoms with Crippen LogP contribution in [0.15, 0.2) is 71.9 Å². The van der Waals surface area contributed by atoms with Crippen LogP contribution in [-0.4, -0.2) is 50.7 Å². The van der Waals surface area contributed by atoms with Crippen LogP contribution >= 0.6 is 0 Å². The summed E-state index contributed by atoms with van der Waals surface area (Å²) < 4.78 is 43.9. The molecule has 198 valence electrons. The van der Waals surface area contributed by atoms with Crippen LogP contribution in [0.4, 0.5) is 5.69 Å². The highest BCUT2D eigenvalue weighted by molar-refractivity contribution is 7.90. The van der Waals surface area contributed by atoms with Crippen LogP contribution in [0, 0.1) is 0 Å². The van der Waals surface area contributed by atoms with Gasteiger partial charge in [-0.15, -0.1) is 0 Å². The molecule has 0 aliphatic rings. The van der Waals surface area contributed by atoms with Gasteiger partial charge in [0, 0.05) is 11.8 Å². The molecule has 0 saturated heterocycles. The normalized spacial score (nSPS) is 11.2. The third-order valence-corrected chi connectivity index (χ3v) is 7.23. The summed E-state index contributed by atoms with van der Waals surface area (Å²) in [6.07, 6.45) is 0. The van der Waals surface area contributed by atoms with E-state index in [0.29, 0.717) is 39.3 Å². The summed E-state index contributed by atoms with van der Waals surface area (Å²) in [6.45, 7) is 1.68. The molecule has 0 unspecified atom stereocenters. The number of amides is 1. The number of carbonyl (C=O) groups excluding carboxylic acids is 2. The SMILES string of the molecule is CCOC(=O)c1ccc(NC(=O)Cn2c(S(=O)(=O)Cc3cc(OC)cc(OC)c3)nc3ccccc32)cc1. The molecule has 0 fully saturated rings. The van der Waals surface area contributed by atoms with Crippen molar-refractivity contribution < 1.29 is 32.2 Å². The van der Waals surface area contributed by atoms with E-state index in [-0.39, 0.29) is 24.1 Å². The number of nitrogens with zero attached hydrogens (tertiary/aromatic N) is 2. The zero-order chi connectivity index (χ0) is 27.3. The van der Waals surface area contributed by atoms with Crippen molar-refractivity contribution in [3.63, 3.8) is 0 Å². The molecule has 1 amide bonds. The minimum atomic E-state index is -3.99. The number of carbonyl (C=O) groups is 2. The molecule has 0 atom stereocenters. The number of hydrogen-bond donors (Lipinski definition) is 1. The van der Waals surface area contributed by atoms with Gasteiger partial charge in [0.15, 0.2) is 0 Å². The Hall–Kier alpha value is -4.38. The summed E-state index contributed by atoms with van der Waals surface area (Å²) in [5.41, 5.74) is 2.20. The van der Waals surface area contributed by atoms with E-state index in [1.54, 1.807) is 73.7 Å². The number of imidazole rings is 1. The summed E-state index contributed by atoms with van der Waals surface area (Å²) in [5, 5.41) is 2.51. The lowest BCUT2D eigenvalue weighted by atomic mass is 10.2. The molecule has 38 heavy (non-hydrogen) atoms. The number of aromatic nitrogens is 2. The van der Waals surface area contributed by atoms with Gasteiger partial charge < -0.3 is 24.1 Å². The smallest absolute Gasteiger partial charge is 0.338 e. The minimum absolute atomic E-state index is 0.228. The van der Waals surface area contributed by atoms with Crippen molar-refractivity contribution in [2.24, 2.45) is 0 Å². The van der Waals surface area contributed by atoms with E-state index < -0.39 is 21.7 Å². The number of hydrogen-bond acceptors (Lipinski definition) is 8. The predicted octanol–water partition coefficient (Wildman–Crippen LogP) is 3.84. The Morgan fingerprint density at radius 1 is 0.947 bits per heavy atom. The monoisotopic (exact) mass is 537 g/mol. The van der Waals surface area contributed by atoms with E-state index in [1.165, 1.54) is 18.8 Å². The summed E-state index contributed by atoms with van der Waals surface area (Å²) >= 11 is 0. The summed E-state index contributed by atoms with van der Waals surface area (Å²) in [7, 11) is -1.02. The van der Waals surface area contributed by atoms with Crippen LogP contribution in [0.25, 0.3) is 11.0 Å². The van der Waals surface area contributed by atoms with E-state index in [1.807, 2.05) is 0 Å². The second-order valence-corrected chi connectivity index (χ2v) is 10.2. The van der Waals surface area contributed by atoms with Crippen LogP contribution in [0.3, 0.4) is 0 Å². The molecule has 0 radical (unpaired) electrons. The molecule has 0 spiro atoms. The van der Waals surface area contributed by atoms with Crippen molar-refractivity contribution in [2.45, 2.75) is 24.4 Å². The Labute approximate surface area is 220 Å². The Bertz CT molecular complexity index is 1560. The predicted molar refractivity (Wildman–Crippen MR) is 141 cm³/mol. The second-order valence-electron chi connectivity index (χ2n) is 8.30. The summed E-state index contributed by atoms with van der Waals surface area (Å²) in [6, 6.07) is 18.0. The van der Waals surface area contributed by atoms with Crippen molar-refractivity contribution in [3.05, 3.63) is 77.9 Å². The maximum absolute atomic E-state index is 13.5. The van der Waals surface area contributed by atoms with Crippen molar-refractivity contribution in [2.75, 3.05) is 26.1 Å². The van der Waals surface area contributed by atoms with Crippen LogP contribution in [0.5, 0.6) is 11.5 Å². The molecular formula is C27H27N3O7S. The molecule has 1 heterocycles. The Balaban J connectivity index is 1.61. The van der Waals surface area contributed by atoms with Gasteiger partial charge >= 0.3 is 5.97 Å². The molecule has 11 heteroatoms. The van der Waals surface area contributed by atoms with Gasteiger partial charge in [-0.05, 0) is 61.0 Å². The highest BCUT2D eigenvalue weighted by Gasteiger charge is 2.26. The van der Waals surface area contributed by atoms with Crippen LogP contribution in [0.2, 0.25) is 0 Å². The quantitative estimate of drug-likeness (QED) is 0.303. The maximum atomic E-state index is 13.5. The highest BCUT2D eigenvalue weighted by Crippen LogP contribution is 2.27. The fourth-order valence-corrected chi connectivity index (χ4v) is 5.40. The lowest BCUT2D eigenvalue weighted by molar-refractivity contribution is -0.116. The third kappa shape index (κ3) is 5.94. The molecule has 0 saturated carbocycles. The van der Waals surface area contributed by atoms with E-state index >= 15 is 0 Å². The third-order valence-electron chi connectivity index (χ3n) is 5.65. The van der Waals surface area contributed by atoms with Gasteiger partial charge in [-0.2, -0.15) is 0 Å². The Morgan fingerprint density at radius 3 is 2.24 bits per heavy atom. The number of esters is 1. The number of nitrogens with one attached hydrogen (secondary N) is 1. The number of methoxy groups -OCH3 is 2. The average Bonchev–Trinajstić information content (AvgIpc) is 3.28. The number of sulfone groups is 1. The van der Waals surface area contributed by atoms with Gasteiger partial charge in [-0.3, -0.25) is 4.79 Å². The van der Waals surface area contributed by atoms with Gasteiger partial charge in [-0.25, -0.2) is 18.2 Å². The van der Waals surface area contributed by atoms with Gasteiger partial charge in [0.25, 0.3) is 0 Å². The van der Waals surface area contributed by atoms with Crippen LogP contribution in [-0.2, 0) is 31.7 Å². The van der Waals surface area contributed by atoms with Gasteiger partial charge in [0.1, 0.15) is 18.0 Å². The molecule has 3 aromatic carbocycles. The number of para-hydroxylation sites is 2. The molecule has 0 bridgehead atoms. The molecule has 0 aliphatic carbocycles. The van der Waals surface area contributed by atoms with E-state index in [9.17, 15) is 18.0 Å². The van der Waals surface area contributed by atoms with E-state index in [2.05, 4.69) is 10.3 Å². The van der Waals surface area contributed by atoms with Crippen molar-refractivity contribution >= 4 is 38.4 Å². The van der Waals surface area contributed by atoms with E-state index in [0.717, 1.165) is 0 Å². The largest absolute Gasteiger partial charge is 0.497 e. The first-order valence-corrected chi connectivity index (χ1v) is 13.4. The molecule has 4 rings (SSSR count). The number of benzene rings is 3. The minimum Gasteiger partial charge on any atom is -0.497 e. The Kier molecular flexibility index (Phi) is 7.96. The topological polar surface area (TPSA) is 126 Å². The van der Waals surface area contributed by atoms with Crippen molar-refractivity contribution in [3.8, 4) is 11.5 Å². The van der Waals surface area contributed by atoms with E-state index in [4.69, 9.17) is 14.2 Å². The number of ether oxygens (including phenoxy) is 3.